The molecule has 0 bridgehead atoms. The van der Waals surface area contributed by atoms with Crippen molar-refractivity contribution >= 4 is 5.82 Å². The highest BCUT2D eigenvalue weighted by Gasteiger charge is 2.17. The fourth-order valence-corrected chi connectivity index (χ4v) is 2.19. The van der Waals surface area contributed by atoms with E-state index in [0.717, 1.165) is 51.8 Å². The predicted octanol–water partition coefficient (Wildman–Crippen LogP) is 1.55. The number of piperazine rings is 1. The lowest BCUT2D eigenvalue weighted by atomic mass is 10.2. The van der Waals surface area contributed by atoms with Crippen LogP contribution in [0.2, 0.25) is 0 Å². The third-order valence-electron chi connectivity index (χ3n) is 3.35. The van der Waals surface area contributed by atoms with Gasteiger partial charge in [0.1, 0.15) is 5.82 Å². The van der Waals surface area contributed by atoms with Gasteiger partial charge < -0.3 is 9.64 Å². The van der Waals surface area contributed by atoms with Crippen LogP contribution in [0.3, 0.4) is 0 Å². The quantitative estimate of drug-likeness (QED) is 0.740. The van der Waals surface area contributed by atoms with Gasteiger partial charge in [0.2, 0.25) is 0 Å². The molecule has 0 radical (unpaired) electrons. The van der Waals surface area contributed by atoms with E-state index >= 15 is 0 Å². The van der Waals surface area contributed by atoms with Gasteiger partial charge >= 0.3 is 0 Å². The van der Waals surface area contributed by atoms with Crippen molar-refractivity contribution in [2.24, 2.45) is 0 Å². The Morgan fingerprint density at radius 3 is 2.61 bits per heavy atom. The van der Waals surface area contributed by atoms with E-state index in [1.165, 1.54) is 5.56 Å². The van der Waals surface area contributed by atoms with Crippen LogP contribution in [0, 0.1) is 6.92 Å². The van der Waals surface area contributed by atoms with Crippen molar-refractivity contribution in [2.75, 3.05) is 50.8 Å². The number of ether oxygens (including phenoxy) is 1. The maximum atomic E-state index is 5.39. The Morgan fingerprint density at radius 1 is 1.22 bits per heavy atom. The third-order valence-corrected chi connectivity index (χ3v) is 3.35. The summed E-state index contributed by atoms with van der Waals surface area (Å²) in [4.78, 5) is 9.30. The average Bonchev–Trinajstić information content (AvgIpc) is 2.41. The van der Waals surface area contributed by atoms with Gasteiger partial charge in [-0.1, -0.05) is 6.07 Å². The molecule has 1 aromatic heterocycles. The lowest BCUT2D eigenvalue weighted by Crippen LogP contribution is -2.47. The van der Waals surface area contributed by atoms with E-state index in [9.17, 15) is 0 Å². The van der Waals surface area contributed by atoms with E-state index in [1.807, 2.05) is 13.1 Å². The van der Waals surface area contributed by atoms with Crippen LogP contribution in [0.4, 0.5) is 5.82 Å². The summed E-state index contributed by atoms with van der Waals surface area (Å²) < 4.78 is 5.39. The van der Waals surface area contributed by atoms with Crippen LogP contribution >= 0.6 is 0 Å². The fourth-order valence-electron chi connectivity index (χ4n) is 2.19. The lowest BCUT2D eigenvalue weighted by molar-refractivity contribution is 0.111. The minimum Gasteiger partial charge on any atom is -0.380 e. The molecular weight excluding hydrogens is 226 g/mol. The maximum Gasteiger partial charge on any atom is 0.128 e. The maximum absolute atomic E-state index is 5.39. The van der Waals surface area contributed by atoms with Crippen molar-refractivity contribution in [1.29, 1.82) is 0 Å². The van der Waals surface area contributed by atoms with E-state index in [4.69, 9.17) is 4.74 Å². The van der Waals surface area contributed by atoms with Crippen LogP contribution < -0.4 is 4.90 Å². The van der Waals surface area contributed by atoms with Crippen molar-refractivity contribution < 1.29 is 4.74 Å². The summed E-state index contributed by atoms with van der Waals surface area (Å²) >= 11 is 0. The smallest absolute Gasteiger partial charge is 0.128 e. The van der Waals surface area contributed by atoms with Crippen LogP contribution in [0.5, 0.6) is 0 Å². The molecule has 1 aliphatic rings. The Hall–Kier alpha value is -1.13. The SMILES string of the molecule is CCOCCN1CCN(c2ccc(C)cn2)CC1. The first-order valence-electron chi connectivity index (χ1n) is 6.77. The lowest BCUT2D eigenvalue weighted by Gasteiger charge is -2.35. The van der Waals surface area contributed by atoms with Crippen LogP contribution in [-0.4, -0.2) is 55.8 Å². The molecule has 4 nitrogen and oxygen atoms in total. The molecule has 2 heterocycles. The summed E-state index contributed by atoms with van der Waals surface area (Å²) in [5.74, 6) is 1.10. The molecule has 1 fully saturated rings. The number of hydrogen-bond donors (Lipinski definition) is 0. The minimum absolute atomic E-state index is 0.813. The Bertz CT molecular complexity index is 345. The van der Waals surface area contributed by atoms with Gasteiger partial charge in [-0.2, -0.15) is 0 Å². The van der Waals surface area contributed by atoms with Gasteiger partial charge in [0.15, 0.2) is 0 Å². The second kappa shape index (κ2) is 6.71. The van der Waals surface area contributed by atoms with Gasteiger partial charge in [-0.3, -0.25) is 4.90 Å². The largest absolute Gasteiger partial charge is 0.380 e. The molecule has 0 unspecified atom stereocenters. The van der Waals surface area contributed by atoms with E-state index in [1.54, 1.807) is 0 Å². The van der Waals surface area contributed by atoms with Gasteiger partial charge in [0, 0.05) is 45.5 Å². The summed E-state index contributed by atoms with van der Waals surface area (Å²) in [5.41, 5.74) is 1.22. The molecule has 100 valence electrons. The first kappa shape index (κ1) is 13.3. The van der Waals surface area contributed by atoms with Gasteiger partial charge in [0.05, 0.1) is 6.61 Å². The second-order valence-electron chi connectivity index (χ2n) is 4.72. The monoisotopic (exact) mass is 249 g/mol. The normalized spacial score (nSPS) is 17.1. The van der Waals surface area contributed by atoms with Gasteiger partial charge in [-0.15, -0.1) is 0 Å². The molecule has 0 amide bonds. The highest BCUT2D eigenvalue weighted by atomic mass is 16.5. The van der Waals surface area contributed by atoms with Crippen LogP contribution in [0.1, 0.15) is 12.5 Å². The summed E-state index contributed by atoms with van der Waals surface area (Å²) in [6.07, 6.45) is 1.94. The van der Waals surface area contributed by atoms with Crippen LogP contribution in [0.25, 0.3) is 0 Å². The minimum atomic E-state index is 0.813. The molecule has 0 N–H and O–H groups in total. The van der Waals surface area contributed by atoms with Gasteiger partial charge in [-0.25, -0.2) is 4.98 Å². The molecule has 0 spiro atoms. The van der Waals surface area contributed by atoms with E-state index < -0.39 is 0 Å². The highest BCUT2D eigenvalue weighted by Crippen LogP contribution is 2.13. The fraction of sp³-hybridized carbons (Fsp3) is 0.643. The number of aryl methyl sites for hydroxylation is 1. The zero-order valence-corrected chi connectivity index (χ0v) is 11.4. The molecule has 1 aliphatic heterocycles. The summed E-state index contributed by atoms with van der Waals surface area (Å²) in [6, 6.07) is 4.25. The molecule has 0 atom stereocenters. The molecule has 2 rings (SSSR count). The summed E-state index contributed by atoms with van der Waals surface area (Å²) in [5, 5.41) is 0. The Kier molecular flexibility index (Phi) is 4.96. The van der Waals surface area contributed by atoms with Crippen molar-refractivity contribution in [2.45, 2.75) is 13.8 Å². The number of pyridine rings is 1. The van der Waals surface area contributed by atoms with Crippen molar-refractivity contribution in [3.63, 3.8) is 0 Å². The number of anilines is 1. The predicted molar refractivity (Wildman–Crippen MR) is 74.1 cm³/mol. The molecule has 4 heteroatoms. The third kappa shape index (κ3) is 3.68. The molecular formula is C14H23N3O. The van der Waals surface area contributed by atoms with E-state index in [2.05, 4.69) is 33.8 Å². The summed E-state index contributed by atoms with van der Waals surface area (Å²) in [6.45, 7) is 11.1. The first-order chi connectivity index (χ1) is 8.79. The van der Waals surface area contributed by atoms with E-state index in [0.29, 0.717) is 0 Å². The Labute approximate surface area is 110 Å². The number of hydrogen-bond acceptors (Lipinski definition) is 4. The van der Waals surface area contributed by atoms with E-state index in [-0.39, 0.29) is 0 Å². The standard InChI is InChI=1S/C14H23N3O/c1-3-18-11-10-16-6-8-17(9-7-16)14-5-4-13(2)12-15-14/h4-5,12H,3,6-11H2,1-2H3. The molecule has 18 heavy (non-hydrogen) atoms. The van der Waals surface area contributed by atoms with Crippen LogP contribution in [-0.2, 0) is 4.74 Å². The zero-order chi connectivity index (χ0) is 12.8. The molecule has 1 aromatic rings. The Morgan fingerprint density at radius 2 is 2.00 bits per heavy atom. The molecule has 0 aliphatic carbocycles. The van der Waals surface area contributed by atoms with Crippen LogP contribution in [0.15, 0.2) is 18.3 Å². The molecule has 1 saturated heterocycles. The summed E-state index contributed by atoms with van der Waals surface area (Å²) in [7, 11) is 0. The van der Waals surface area contributed by atoms with Gasteiger partial charge in [0.25, 0.3) is 0 Å². The average molecular weight is 249 g/mol. The van der Waals surface area contributed by atoms with Crippen molar-refractivity contribution in [3.05, 3.63) is 23.9 Å². The first-order valence-corrected chi connectivity index (χ1v) is 6.77. The Balaban J connectivity index is 1.77. The van der Waals surface area contributed by atoms with Crippen molar-refractivity contribution in [3.8, 4) is 0 Å². The molecule has 0 aromatic carbocycles. The second-order valence-corrected chi connectivity index (χ2v) is 4.72. The van der Waals surface area contributed by atoms with Crippen molar-refractivity contribution in [1.82, 2.24) is 9.88 Å². The van der Waals surface area contributed by atoms with Gasteiger partial charge in [-0.05, 0) is 25.5 Å². The number of nitrogens with zero attached hydrogens (tertiary/aromatic N) is 3. The number of rotatable bonds is 5. The number of aromatic nitrogens is 1. The zero-order valence-electron chi connectivity index (χ0n) is 11.4. The molecule has 0 saturated carbocycles. The highest BCUT2D eigenvalue weighted by molar-refractivity contribution is 5.39. The topological polar surface area (TPSA) is 28.6 Å².